The second kappa shape index (κ2) is 3.85. The molecule has 19 heavy (non-hydrogen) atoms. The van der Waals surface area contributed by atoms with Crippen LogP contribution in [0, 0.1) is 0 Å². The summed E-state index contributed by atoms with van der Waals surface area (Å²) in [5.41, 5.74) is -0.738. The second-order valence-electron chi connectivity index (χ2n) is 4.23. The van der Waals surface area contributed by atoms with Gasteiger partial charge in [0.15, 0.2) is 0 Å². The molecule has 1 N–H and O–H groups in total. The van der Waals surface area contributed by atoms with Crippen molar-refractivity contribution < 1.29 is 18.3 Å². The lowest BCUT2D eigenvalue weighted by Crippen LogP contribution is -2.06. The molecule has 0 saturated carbocycles. The maximum atomic E-state index is 13.1. The summed E-state index contributed by atoms with van der Waals surface area (Å²) in [4.78, 5) is 3.98. The minimum atomic E-state index is -4.54. The third-order valence-electron chi connectivity index (χ3n) is 2.98. The molecule has 0 unspecified atom stereocenters. The predicted molar refractivity (Wildman–Crippen MR) is 65.9 cm³/mol. The highest BCUT2D eigenvalue weighted by atomic mass is 19.4. The number of fused-ring (bicyclic) bond motifs is 3. The third kappa shape index (κ3) is 1.87. The number of pyridine rings is 1. The van der Waals surface area contributed by atoms with E-state index in [2.05, 4.69) is 4.98 Å². The monoisotopic (exact) mass is 263 g/mol. The van der Waals surface area contributed by atoms with E-state index in [1.165, 1.54) is 12.3 Å². The highest BCUT2D eigenvalue weighted by Gasteiger charge is 2.34. The normalized spacial score (nSPS) is 12.2. The van der Waals surface area contributed by atoms with E-state index in [1.807, 2.05) is 0 Å². The van der Waals surface area contributed by atoms with Crippen LogP contribution in [0.15, 0.2) is 42.6 Å². The summed E-state index contributed by atoms with van der Waals surface area (Å²) in [5.74, 6) is -0.442. The molecule has 0 aliphatic rings. The van der Waals surface area contributed by atoms with Gasteiger partial charge in [-0.2, -0.15) is 13.2 Å². The summed E-state index contributed by atoms with van der Waals surface area (Å²) < 4.78 is 39.3. The Hall–Kier alpha value is -2.30. The van der Waals surface area contributed by atoms with Crippen molar-refractivity contribution in [2.24, 2.45) is 0 Å². The van der Waals surface area contributed by atoms with Crippen molar-refractivity contribution in [3.8, 4) is 5.75 Å². The summed E-state index contributed by atoms with van der Waals surface area (Å²) >= 11 is 0. The van der Waals surface area contributed by atoms with Crippen molar-refractivity contribution in [1.29, 1.82) is 0 Å². The Labute approximate surface area is 106 Å². The van der Waals surface area contributed by atoms with Crippen LogP contribution in [0.4, 0.5) is 13.2 Å². The van der Waals surface area contributed by atoms with Crippen LogP contribution >= 0.6 is 0 Å². The van der Waals surface area contributed by atoms with E-state index >= 15 is 0 Å². The number of aromatic hydroxyl groups is 1. The van der Waals surface area contributed by atoms with Crippen LogP contribution in [0.2, 0.25) is 0 Å². The Kier molecular flexibility index (Phi) is 2.38. The molecule has 96 valence electrons. The summed E-state index contributed by atoms with van der Waals surface area (Å²) in [6.45, 7) is 0. The van der Waals surface area contributed by atoms with Gasteiger partial charge in [-0.25, -0.2) is 0 Å². The van der Waals surface area contributed by atoms with Gasteiger partial charge >= 0.3 is 6.18 Å². The smallest absolute Gasteiger partial charge is 0.417 e. The number of alkyl halides is 3. The maximum Gasteiger partial charge on any atom is 0.417 e. The number of phenolic OH excluding ortho intramolecular Hbond substituents is 1. The predicted octanol–water partition coefficient (Wildman–Crippen LogP) is 4.11. The fourth-order valence-corrected chi connectivity index (χ4v) is 2.20. The Morgan fingerprint density at radius 3 is 2.53 bits per heavy atom. The van der Waals surface area contributed by atoms with Gasteiger partial charge in [-0.15, -0.1) is 0 Å². The van der Waals surface area contributed by atoms with E-state index < -0.39 is 17.5 Å². The van der Waals surface area contributed by atoms with Crippen molar-refractivity contribution in [3.05, 3.63) is 48.2 Å². The third-order valence-corrected chi connectivity index (χ3v) is 2.98. The first-order chi connectivity index (χ1) is 8.97. The fraction of sp³-hybridized carbons (Fsp3) is 0.0714. The molecule has 0 aliphatic heterocycles. The number of hydrogen-bond donors (Lipinski definition) is 1. The topological polar surface area (TPSA) is 33.1 Å². The van der Waals surface area contributed by atoms with Crippen LogP contribution in [0.5, 0.6) is 5.75 Å². The van der Waals surface area contributed by atoms with Crippen molar-refractivity contribution >= 4 is 21.7 Å². The molecule has 3 aromatic rings. The van der Waals surface area contributed by atoms with Crippen LogP contribution in [-0.4, -0.2) is 10.1 Å². The molecule has 0 radical (unpaired) electrons. The average Bonchev–Trinajstić information content (AvgIpc) is 2.36. The molecule has 5 heteroatoms. The van der Waals surface area contributed by atoms with Crippen LogP contribution in [-0.2, 0) is 6.18 Å². The molecule has 1 aromatic heterocycles. The number of benzene rings is 2. The number of aromatic nitrogens is 1. The van der Waals surface area contributed by atoms with E-state index in [4.69, 9.17) is 0 Å². The molecule has 0 spiro atoms. The summed E-state index contributed by atoms with van der Waals surface area (Å²) in [6, 6.07) is 8.70. The second-order valence-corrected chi connectivity index (χ2v) is 4.23. The largest absolute Gasteiger partial charge is 0.508 e. The highest BCUT2D eigenvalue weighted by Crippen LogP contribution is 2.39. The lowest BCUT2D eigenvalue weighted by atomic mass is 10.0. The standard InChI is InChI=1S/C14H8F3NO/c15-14(16,17)11-5-9(19)6-12-13(11)10-4-2-1-3-8(10)7-18-12/h1-7,19H. The maximum absolute atomic E-state index is 13.1. The molecule has 0 bridgehead atoms. The van der Waals surface area contributed by atoms with Gasteiger partial charge in [0.05, 0.1) is 11.1 Å². The first-order valence-corrected chi connectivity index (χ1v) is 5.54. The van der Waals surface area contributed by atoms with Gasteiger partial charge in [0.25, 0.3) is 0 Å². The fourth-order valence-electron chi connectivity index (χ4n) is 2.20. The average molecular weight is 263 g/mol. The number of rotatable bonds is 0. The van der Waals surface area contributed by atoms with Gasteiger partial charge in [-0.05, 0) is 11.5 Å². The first kappa shape index (κ1) is 11.8. The van der Waals surface area contributed by atoms with E-state index in [1.54, 1.807) is 24.3 Å². The number of hydrogen-bond acceptors (Lipinski definition) is 2. The zero-order valence-electron chi connectivity index (χ0n) is 9.57. The molecule has 0 amide bonds. The summed E-state index contributed by atoms with van der Waals surface area (Å²) in [6.07, 6.45) is -3.04. The quantitative estimate of drug-likeness (QED) is 0.619. The molecule has 1 heterocycles. The molecule has 3 rings (SSSR count). The van der Waals surface area contributed by atoms with E-state index in [-0.39, 0.29) is 10.9 Å². The molecule has 2 nitrogen and oxygen atoms in total. The van der Waals surface area contributed by atoms with E-state index in [0.717, 1.165) is 6.07 Å². The molecule has 2 aromatic carbocycles. The van der Waals surface area contributed by atoms with Crippen molar-refractivity contribution in [1.82, 2.24) is 4.98 Å². The van der Waals surface area contributed by atoms with Gasteiger partial charge in [-0.1, -0.05) is 24.3 Å². The van der Waals surface area contributed by atoms with Crippen LogP contribution in [0.1, 0.15) is 5.56 Å². The van der Waals surface area contributed by atoms with E-state index in [9.17, 15) is 18.3 Å². The lowest BCUT2D eigenvalue weighted by molar-refractivity contribution is -0.136. The molecular weight excluding hydrogens is 255 g/mol. The number of halogens is 3. The van der Waals surface area contributed by atoms with Gasteiger partial charge in [-0.3, -0.25) is 4.98 Å². The Bertz CT molecular complexity index is 781. The Morgan fingerprint density at radius 2 is 1.79 bits per heavy atom. The molecule has 0 fully saturated rings. The van der Waals surface area contributed by atoms with Crippen LogP contribution in [0.25, 0.3) is 21.7 Å². The van der Waals surface area contributed by atoms with Gasteiger partial charge in [0.2, 0.25) is 0 Å². The number of nitrogens with zero attached hydrogens (tertiary/aromatic N) is 1. The van der Waals surface area contributed by atoms with Crippen LogP contribution in [0.3, 0.4) is 0 Å². The zero-order valence-corrected chi connectivity index (χ0v) is 9.57. The van der Waals surface area contributed by atoms with Crippen LogP contribution < -0.4 is 0 Å². The van der Waals surface area contributed by atoms with Crippen molar-refractivity contribution in [2.75, 3.05) is 0 Å². The van der Waals surface area contributed by atoms with Crippen molar-refractivity contribution in [3.63, 3.8) is 0 Å². The lowest BCUT2D eigenvalue weighted by Gasteiger charge is -2.12. The number of phenols is 1. The molecule has 0 aliphatic carbocycles. The summed E-state index contributed by atoms with van der Waals surface area (Å²) in [7, 11) is 0. The minimum Gasteiger partial charge on any atom is -0.508 e. The SMILES string of the molecule is Oc1cc(C(F)(F)F)c2c(c1)ncc1ccccc12. The summed E-state index contributed by atoms with van der Waals surface area (Å²) in [5, 5.41) is 10.5. The Balaban J connectivity index is 2.56. The molecule has 0 saturated heterocycles. The van der Waals surface area contributed by atoms with Gasteiger partial charge in [0.1, 0.15) is 5.75 Å². The van der Waals surface area contributed by atoms with E-state index in [0.29, 0.717) is 10.8 Å². The molecular formula is C14H8F3NO. The minimum absolute atomic E-state index is 0.0170. The Morgan fingerprint density at radius 1 is 1.05 bits per heavy atom. The highest BCUT2D eigenvalue weighted by molar-refractivity contribution is 6.07. The first-order valence-electron chi connectivity index (χ1n) is 5.54. The zero-order chi connectivity index (χ0) is 13.6. The van der Waals surface area contributed by atoms with Crippen molar-refractivity contribution in [2.45, 2.75) is 6.18 Å². The van der Waals surface area contributed by atoms with Gasteiger partial charge < -0.3 is 5.11 Å². The van der Waals surface area contributed by atoms with Gasteiger partial charge in [0, 0.05) is 23.0 Å². The molecule has 0 atom stereocenters.